The highest BCUT2D eigenvalue weighted by molar-refractivity contribution is 5.89. The molecule has 0 saturated heterocycles. The van der Waals surface area contributed by atoms with Crippen molar-refractivity contribution < 1.29 is 18.9 Å². The summed E-state index contributed by atoms with van der Waals surface area (Å²) in [6, 6.07) is 12.2. The molecular weight excluding hydrogens is 520 g/mol. The molecule has 4 aromatic rings. The van der Waals surface area contributed by atoms with Gasteiger partial charge in [-0.15, -0.1) is 0 Å². The van der Waals surface area contributed by atoms with Gasteiger partial charge in [0.15, 0.2) is 0 Å². The van der Waals surface area contributed by atoms with Crippen LogP contribution in [0.1, 0.15) is 34.5 Å². The minimum absolute atomic E-state index is 0.152. The molecule has 0 amide bonds. The minimum Gasteiger partial charge on any atom is -0.384 e. The maximum Gasteiger partial charge on any atom is 0.206 e. The van der Waals surface area contributed by atoms with Gasteiger partial charge in [-0.1, -0.05) is 0 Å². The molecular formula is C32H38N4O5. The maximum atomic E-state index is 13.7. The Kier molecular flexibility index (Phi) is 9.31. The smallest absolute Gasteiger partial charge is 0.206 e. The number of fused-ring (bicyclic) bond motifs is 10. The Morgan fingerprint density at radius 3 is 1.61 bits per heavy atom. The van der Waals surface area contributed by atoms with E-state index in [1.165, 1.54) is 0 Å². The Balaban J connectivity index is 1.85. The summed E-state index contributed by atoms with van der Waals surface area (Å²) >= 11 is 0. The first kappa shape index (κ1) is 28.8. The molecule has 4 aromatic heterocycles. The third-order valence-corrected chi connectivity index (χ3v) is 7.44. The lowest BCUT2D eigenvalue weighted by atomic mass is 10.1. The van der Waals surface area contributed by atoms with Crippen LogP contribution >= 0.6 is 0 Å². The summed E-state index contributed by atoms with van der Waals surface area (Å²) in [5.74, 6) is 0. The molecule has 0 saturated carbocycles. The second kappa shape index (κ2) is 13.3. The zero-order valence-electron chi connectivity index (χ0n) is 24.2. The molecule has 0 aromatic carbocycles. The van der Waals surface area contributed by atoms with Gasteiger partial charge in [-0.2, -0.15) is 0 Å². The predicted octanol–water partition coefficient (Wildman–Crippen LogP) is 5.03. The van der Waals surface area contributed by atoms with Gasteiger partial charge in [0, 0.05) is 51.1 Å². The molecule has 3 N–H and O–H groups in total. The number of nitrogens with one attached hydrogen (secondary N) is 3. The third kappa shape index (κ3) is 6.44. The van der Waals surface area contributed by atoms with Gasteiger partial charge in [0.05, 0.1) is 48.7 Å². The third-order valence-electron chi connectivity index (χ3n) is 7.44. The number of hydrogen-bond donors (Lipinski definition) is 3. The number of aromatic amines is 3. The van der Waals surface area contributed by atoms with Crippen molar-refractivity contribution in [3.05, 3.63) is 74.7 Å². The summed E-state index contributed by atoms with van der Waals surface area (Å²) in [5, 5.41) is 0. The molecule has 8 bridgehead atoms. The summed E-state index contributed by atoms with van der Waals surface area (Å²) in [7, 11) is 6.75. The summed E-state index contributed by atoms with van der Waals surface area (Å²) in [6.07, 6.45) is 4.75. The molecule has 0 unspecified atom stereocenters. The number of methoxy groups -OCH3 is 4. The Morgan fingerprint density at radius 1 is 0.585 bits per heavy atom. The van der Waals surface area contributed by atoms with Crippen molar-refractivity contribution in [2.45, 2.75) is 25.7 Å². The summed E-state index contributed by atoms with van der Waals surface area (Å²) < 4.78 is 21.5. The van der Waals surface area contributed by atoms with Crippen LogP contribution in [-0.4, -0.2) is 74.8 Å². The van der Waals surface area contributed by atoms with Gasteiger partial charge in [0.2, 0.25) is 5.43 Å². The van der Waals surface area contributed by atoms with Crippen molar-refractivity contribution in [1.29, 1.82) is 0 Å². The molecule has 5 rings (SSSR count). The van der Waals surface area contributed by atoms with Crippen LogP contribution < -0.4 is 5.43 Å². The highest BCUT2D eigenvalue weighted by Crippen LogP contribution is 2.27. The first-order chi connectivity index (χ1) is 20.0. The molecule has 41 heavy (non-hydrogen) atoms. The van der Waals surface area contributed by atoms with Crippen molar-refractivity contribution >= 4 is 44.7 Å². The predicted molar refractivity (Wildman–Crippen MR) is 164 cm³/mol. The van der Waals surface area contributed by atoms with Crippen LogP contribution in [0, 0.1) is 0 Å². The van der Waals surface area contributed by atoms with E-state index in [4.69, 9.17) is 23.9 Å². The number of rotatable bonds is 12. The van der Waals surface area contributed by atoms with Crippen molar-refractivity contribution in [2.24, 2.45) is 0 Å². The summed E-state index contributed by atoms with van der Waals surface area (Å²) in [5.41, 5.74) is 10.6. The quantitative estimate of drug-likeness (QED) is 0.225. The molecule has 0 fully saturated rings. The van der Waals surface area contributed by atoms with E-state index in [0.29, 0.717) is 45.0 Å². The molecule has 5 heterocycles. The first-order valence-electron chi connectivity index (χ1n) is 13.9. The maximum absolute atomic E-state index is 13.7. The van der Waals surface area contributed by atoms with Crippen LogP contribution in [0.2, 0.25) is 0 Å². The largest absolute Gasteiger partial charge is 0.384 e. The fraction of sp³-hybridized carbons (Fsp3) is 0.375. The number of H-pyrrole nitrogens is 3. The molecule has 216 valence electrons. The first-order valence-corrected chi connectivity index (χ1v) is 13.9. The normalized spacial score (nSPS) is 12.3. The Labute approximate surface area is 238 Å². The molecule has 0 atom stereocenters. The van der Waals surface area contributed by atoms with Gasteiger partial charge in [-0.3, -0.25) is 4.79 Å². The second-order valence-electron chi connectivity index (χ2n) is 10.2. The Bertz CT molecular complexity index is 1730. The summed E-state index contributed by atoms with van der Waals surface area (Å²) in [4.78, 5) is 29.2. The standard InChI is InChI=1S/C32H38N4O5/c1-38-11-7-20-15-27-28-17-22(9-13-40-3)26(35-28)19-31(37)32-23(10-14-41-4)18-30(36-32)29-16-21(8-12-39-2)25(34-29)6-5-24(20)33-27/h5-6,15-19,33-35H,7-14H2,1-4H3. The van der Waals surface area contributed by atoms with E-state index in [9.17, 15) is 4.79 Å². The van der Waals surface area contributed by atoms with Crippen LogP contribution in [-0.2, 0) is 38.2 Å². The van der Waals surface area contributed by atoms with Crippen LogP contribution in [0.25, 0.3) is 44.7 Å². The lowest BCUT2D eigenvalue weighted by Crippen LogP contribution is -2.06. The molecule has 9 heteroatoms. The average molecular weight is 559 g/mol. The fourth-order valence-corrected chi connectivity index (χ4v) is 5.23. The van der Waals surface area contributed by atoms with E-state index in [2.05, 4.69) is 45.3 Å². The van der Waals surface area contributed by atoms with Crippen molar-refractivity contribution in [2.75, 3.05) is 54.9 Å². The summed E-state index contributed by atoms with van der Waals surface area (Å²) in [6.45, 7) is 2.24. The average Bonchev–Trinajstić information content (AvgIpc) is 3.76. The van der Waals surface area contributed by atoms with Gasteiger partial charge in [-0.25, -0.2) is 4.98 Å². The van der Waals surface area contributed by atoms with E-state index < -0.39 is 0 Å². The van der Waals surface area contributed by atoms with Gasteiger partial charge >= 0.3 is 0 Å². The minimum atomic E-state index is -0.152. The monoisotopic (exact) mass is 558 g/mol. The molecule has 0 aliphatic carbocycles. The van der Waals surface area contributed by atoms with Crippen LogP contribution in [0.4, 0.5) is 0 Å². The van der Waals surface area contributed by atoms with Gasteiger partial charge in [0.25, 0.3) is 0 Å². The fourth-order valence-electron chi connectivity index (χ4n) is 5.23. The van der Waals surface area contributed by atoms with Crippen LogP contribution in [0.3, 0.4) is 0 Å². The Hall–Kier alpha value is -3.76. The van der Waals surface area contributed by atoms with Crippen LogP contribution in [0.5, 0.6) is 0 Å². The number of hydrogen-bond acceptors (Lipinski definition) is 6. The lowest BCUT2D eigenvalue weighted by molar-refractivity contribution is 0.202. The highest BCUT2D eigenvalue weighted by Gasteiger charge is 2.16. The van der Waals surface area contributed by atoms with Crippen molar-refractivity contribution in [3.63, 3.8) is 0 Å². The van der Waals surface area contributed by atoms with Gasteiger partial charge in [-0.05, 0) is 84.4 Å². The van der Waals surface area contributed by atoms with Crippen molar-refractivity contribution in [3.8, 4) is 0 Å². The van der Waals surface area contributed by atoms with Gasteiger partial charge in [0.1, 0.15) is 5.69 Å². The van der Waals surface area contributed by atoms with E-state index >= 15 is 0 Å². The highest BCUT2D eigenvalue weighted by atomic mass is 16.5. The van der Waals surface area contributed by atoms with E-state index in [1.54, 1.807) is 34.5 Å². The Morgan fingerprint density at radius 2 is 1.05 bits per heavy atom. The van der Waals surface area contributed by atoms with E-state index in [0.717, 1.165) is 73.9 Å². The zero-order valence-corrected chi connectivity index (χ0v) is 24.2. The van der Waals surface area contributed by atoms with Crippen molar-refractivity contribution in [1.82, 2.24) is 19.9 Å². The number of aromatic nitrogens is 4. The molecule has 0 radical (unpaired) electrons. The lowest BCUT2D eigenvalue weighted by Gasteiger charge is -1.99. The molecule has 9 nitrogen and oxygen atoms in total. The second-order valence-corrected chi connectivity index (χ2v) is 10.2. The molecule has 1 aliphatic rings. The van der Waals surface area contributed by atoms with Gasteiger partial charge < -0.3 is 33.9 Å². The molecule has 0 spiro atoms. The van der Waals surface area contributed by atoms with E-state index in [-0.39, 0.29) is 5.43 Å². The van der Waals surface area contributed by atoms with Crippen LogP contribution in [0.15, 0.2) is 41.2 Å². The topological polar surface area (TPSA) is 114 Å². The number of nitrogens with zero attached hydrogens (tertiary/aromatic N) is 1. The molecule has 1 aliphatic heterocycles. The zero-order chi connectivity index (χ0) is 28.8. The number of ether oxygens (including phenoxy) is 4. The SMILES string of the molecule is COCCC1=Cc2nc1c(=O)cc1[nH]c(cc1CCOC)c1cc(CCOC)c(ccc3[nH]c2cc3CCOC)[nH]1. The van der Waals surface area contributed by atoms with E-state index in [1.807, 2.05) is 6.08 Å².